The van der Waals surface area contributed by atoms with Gasteiger partial charge < -0.3 is 15.1 Å². The first-order valence-electron chi connectivity index (χ1n) is 5.04. The lowest BCUT2D eigenvalue weighted by Gasteiger charge is -2.51. The Morgan fingerprint density at radius 1 is 1.50 bits per heavy atom. The number of hydrogen-bond donors (Lipinski definition) is 3. The summed E-state index contributed by atoms with van der Waals surface area (Å²) in [5, 5.41) is 18.9. The van der Waals surface area contributed by atoms with Gasteiger partial charge in [-0.2, -0.15) is 12.6 Å². The second-order valence-electron chi connectivity index (χ2n) is 3.97. The van der Waals surface area contributed by atoms with Crippen molar-refractivity contribution in [3.05, 3.63) is 11.3 Å². The topological polar surface area (TPSA) is 60.8 Å². The third kappa shape index (κ3) is 2.17. The van der Waals surface area contributed by atoms with Gasteiger partial charge in [-0.25, -0.2) is 4.79 Å². The zero-order valence-electron chi connectivity index (χ0n) is 9.22. The van der Waals surface area contributed by atoms with Crippen LogP contribution in [0.3, 0.4) is 0 Å². The van der Waals surface area contributed by atoms with Crippen LogP contribution in [0.1, 0.15) is 13.8 Å². The minimum Gasteiger partial charge on any atom is -0.477 e. The normalized spacial score (nSPS) is 30.8. The van der Waals surface area contributed by atoms with E-state index in [9.17, 15) is 9.90 Å². The van der Waals surface area contributed by atoms with E-state index in [1.54, 1.807) is 0 Å². The third-order valence-electron chi connectivity index (χ3n) is 3.10. The number of likely N-dealkylation sites (tertiary alicyclic amines) is 1. The maximum atomic E-state index is 11.2. The molecule has 0 radical (unpaired) electrons. The molecule has 1 unspecified atom stereocenters. The second kappa shape index (κ2) is 5.29. The van der Waals surface area contributed by atoms with Crippen molar-refractivity contribution in [1.82, 2.24) is 4.90 Å². The van der Waals surface area contributed by atoms with E-state index < -0.39 is 12.2 Å². The maximum absolute atomic E-state index is 11.2. The monoisotopic (exact) mass is 265 g/mol. The van der Waals surface area contributed by atoms with E-state index in [2.05, 4.69) is 12.6 Å². The summed E-state index contributed by atoms with van der Waals surface area (Å²) in [6.45, 7) is 3.76. The van der Waals surface area contributed by atoms with Crippen LogP contribution in [0, 0.1) is 5.92 Å². The molecule has 0 aromatic heterocycles. The SMILES string of the molecule is C[C@@H]1C(O)N(/C(C(=O)O)=C(\CS)CCl)[C@@H]1C. The molecule has 0 aromatic carbocycles. The number of carbonyl (C=O) groups is 1. The van der Waals surface area contributed by atoms with E-state index in [-0.39, 0.29) is 29.3 Å². The average Bonchev–Trinajstić information content (AvgIpc) is 2.27. The van der Waals surface area contributed by atoms with Crippen LogP contribution in [0.5, 0.6) is 0 Å². The molecule has 0 bridgehead atoms. The fourth-order valence-corrected chi connectivity index (χ4v) is 2.47. The molecular formula is C10H16ClNO3S. The second-order valence-corrected chi connectivity index (χ2v) is 4.55. The Labute approximate surface area is 105 Å². The maximum Gasteiger partial charge on any atom is 0.352 e. The summed E-state index contributed by atoms with van der Waals surface area (Å²) in [4.78, 5) is 12.7. The summed E-state index contributed by atoms with van der Waals surface area (Å²) in [7, 11) is 0. The molecule has 6 heteroatoms. The van der Waals surface area contributed by atoms with E-state index in [0.29, 0.717) is 5.57 Å². The summed E-state index contributed by atoms with van der Waals surface area (Å²) in [6.07, 6.45) is -0.751. The predicted octanol–water partition coefficient (Wildman–Crippen LogP) is 1.15. The molecule has 0 saturated carbocycles. The van der Waals surface area contributed by atoms with E-state index in [1.807, 2.05) is 13.8 Å². The first-order valence-corrected chi connectivity index (χ1v) is 6.20. The van der Waals surface area contributed by atoms with Crippen molar-refractivity contribution >= 4 is 30.2 Å². The Morgan fingerprint density at radius 2 is 2.06 bits per heavy atom. The molecule has 1 aliphatic heterocycles. The van der Waals surface area contributed by atoms with Gasteiger partial charge in [0.1, 0.15) is 11.9 Å². The van der Waals surface area contributed by atoms with Crippen LogP contribution < -0.4 is 0 Å². The molecule has 0 spiro atoms. The number of alkyl halides is 1. The van der Waals surface area contributed by atoms with Crippen LogP contribution in [-0.2, 0) is 4.79 Å². The van der Waals surface area contributed by atoms with Crippen molar-refractivity contribution in [3.63, 3.8) is 0 Å². The Hall–Kier alpha value is -0.390. The zero-order valence-corrected chi connectivity index (χ0v) is 10.9. The van der Waals surface area contributed by atoms with Crippen molar-refractivity contribution in [3.8, 4) is 0 Å². The molecule has 0 aromatic rings. The molecule has 2 N–H and O–H groups in total. The average molecular weight is 266 g/mol. The van der Waals surface area contributed by atoms with Crippen LogP contribution in [-0.4, -0.2) is 45.0 Å². The first kappa shape index (κ1) is 13.7. The number of hydrogen-bond acceptors (Lipinski definition) is 4. The number of thiol groups is 1. The van der Waals surface area contributed by atoms with Gasteiger partial charge in [-0.05, 0) is 12.5 Å². The van der Waals surface area contributed by atoms with Gasteiger partial charge in [0.05, 0.1) is 0 Å². The van der Waals surface area contributed by atoms with Gasteiger partial charge in [-0.15, -0.1) is 11.6 Å². The lowest BCUT2D eigenvalue weighted by atomic mass is 9.88. The first-order chi connectivity index (χ1) is 7.45. The van der Waals surface area contributed by atoms with Crippen LogP contribution in [0.25, 0.3) is 0 Å². The number of carboxylic acids is 1. The van der Waals surface area contributed by atoms with Gasteiger partial charge in [-0.1, -0.05) is 6.92 Å². The highest BCUT2D eigenvalue weighted by Crippen LogP contribution is 2.35. The van der Waals surface area contributed by atoms with Crippen LogP contribution in [0.4, 0.5) is 0 Å². The van der Waals surface area contributed by atoms with Crippen molar-refractivity contribution in [2.24, 2.45) is 5.92 Å². The molecule has 1 fully saturated rings. The molecule has 16 heavy (non-hydrogen) atoms. The van der Waals surface area contributed by atoms with Gasteiger partial charge in [-0.3, -0.25) is 0 Å². The molecular weight excluding hydrogens is 250 g/mol. The third-order valence-corrected chi connectivity index (χ3v) is 3.81. The molecule has 0 aliphatic carbocycles. The number of aliphatic hydroxyl groups excluding tert-OH is 1. The van der Waals surface area contributed by atoms with Crippen molar-refractivity contribution < 1.29 is 15.0 Å². The Morgan fingerprint density at radius 3 is 2.38 bits per heavy atom. The summed E-state index contributed by atoms with van der Waals surface area (Å²) in [6, 6.07) is -0.000741. The number of aliphatic carboxylic acids is 1. The van der Waals surface area contributed by atoms with Gasteiger partial charge in [0.2, 0.25) is 0 Å². The van der Waals surface area contributed by atoms with E-state index >= 15 is 0 Å². The number of nitrogens with zero attached hydrogens (tertiary/aromatic N) is 1. The van der Waals surface area contributed by atoms with Crippen molar-refractivity contribution in [2.45, 2.75) is 26.1 Å². The Balaban J connectivity index is 3.05. The number of aliphatic hydroxyl groups is 1. The van der Waals surface area contributed by atoms with Gasteiger partial charge in [0.15, 0.2) is 0 Å². The fraction of sp³-hybridized carbons (Fsp3) is 0.700. The van der Waals surface area contributed by atoms with Crippen LogP contribution in [0.2, 0.25) is 0 Å². The Bertz CT molecular complexity index is 305. The molecule has 92 valence electrons. The minimum atomic E-state index is -1.07. The lowest BCUT2D eigenvalue weighted by Crippen LogP contribution is -2.61. The van der Waals surface area contributed by atoms with Gasteiger partial charge in [0.25, 0.3) is 0 Å². The number of halogens is 1. The van der Waals surface area contributed by atoms with Crippen LogP contribution in [0.15, 0.2) is 11.3 Å². The summed E-state index contributed by atoms with van der Waals surface area (Å²) in [5.41, 5.74) is 0.610. The highest BCUT2D eigenvalue weighted by Gasteiger charge is 2.45. The fourth-order valence-electron chi connectivity index (χ4n) is 1.86. The minimum absolute atomic E-state index is 0.000741. The molecule has 1 heterocycles. The highest BCUT2D eigenvalue weighted by atomic mass is 35.5. The molecule has 0 amide bonds. The number of carboxylic acid groups (broad SMARTS) is 1. The molecule has 1 aliphatic rings. The van der Waals surface area contributed by atoms with Gasteiger partial charge >= 0.3 is 5.97 Å². The van der Waals surface area contributed by atoms with Crippen molar-refractivity contribution in [1.29, 1.82) is 0 Å². The number of rotatable bonds is 4. The predicted molar refractivity (Wildman–Crippen MR) is 65.7 cm³/mol. The molecule has 3 atom stereocenters. The summed E-state index contributed by atoms with van der Waals surface area (Å²) < 4.78 is 0. The molecule has 4 nitrogen and oxygen atoms in total. The van der Waals surface area contributed by atoms with E-state index in [1.165, 1.54) is 4.90 Å². The van der Waals surface area contributed by atoms with E-state index in [0.717, 1.165) is 0 Å². The standard InChI is InChI=1S/C10H16ClNO3S/c1-5-6(2)12(9(5)13)8(10(14)15)7(3-11)4-16/h5-6,9,13,16H,3-4H2,1-2H3,(H,14,15)/b8-7-/t5-,6+,9?/m0/s1. The van der Waals surface area contributed by atoms with Crippen molar-refractivity contribution in [2.75, 3.05) is 11.6 Å². The van der Waals surface area contributed by atoms with E-state index in [4.69, 9.17) is 16.7 Å². The quantitative estimate of drug-likeness (QED) is 0.406. The van der Waals surface area contributed by atoms with Gasteiger partial charge in [0, 0.05) is 23.6 Å². The molecule has 1 rings (SSSR count). The summed E-state index contributed by atoms with van der Waals surface area (Å²) >= 11 is 9.74. The smallest absolute Gasteiger partial charge is 0.352 e. The lowest BCUT2D eigenvalue weighted by molar-refractivity contribution is -0.160. The molecule has 1 saturated heterocycles. The Kier molecular flexibility index (Phi) is 4.52. The zero-order chi connectivity index (χ0) is 12.5. The largest absolute Gasteiger partial charge is 0.477 e. The highest BCUT2D eigenvalue weighted by molar-refractivity contribution is 7.80. The summed E-state index contributed by atoms with van der Waals surface area (Å²) in [5.74, 6) is -0.626. The van der Waals surface area contributed by atoms with Crippen LogP contribution >= 0.6 is 24.2 Å².